The van der Waals surface area contributed by atoms with Crippen LogP contribution in [0.1, 0.15) is 6.42 Å². The van der Waals surface area contributed by atoms with Gasteiger partial charge in [0, 0.05) is 6.08 Å². The van der Waals surface area contributed by atoms with Crippen molar-refractivity contribution in [1.82, 2.24) is 4.90 Å². The fourth-order valence-electron chi connectivity index (χ4n) is 1.29. The molecule has 1 amide bonds. The van der Waals surface area contributed by atoms with Crippen LogP contribution in [0.5, 0.6) is 0 Å². The maximum atomic E-state index is 11.0. The molecule has 2 rings (SSSR count). The third-order valence-corrected chi connectivity index (χ3v) is 2.89. The van der Waals surface area contributed by atoms with Gasteiger partial charge < -0.3 is 5.11 Å². The van der Waals surface area contributed by atoms with Crippen molar-refractivity contribution in [1.29, 1.82) is 0 Å². The van der Waals surface area contributed by atoms with Gasteiger partial charge in [-0.3, -0.25) is 14.5 Å². The van der Waals surface area contributed by atoms with E-state index in [0.717, 1.165) is 22.7 Å². The lowest BCUT2D eigenvalue weighted by atomic mass is 10.1. The highest BCUT2D eigenvalue weighted by atomic mass is 32.2. The van der Waals surface area contributed by atoms with Crippen LogP contribution in [0.2, 0.25) is 0 Å². The van der Waals surface area contributed by atoms with Crippen molar-refractivity contribution in [3.63, 3.8) is 0 Å². The van der Waals surface area contributed by atoms with Crippen molar-refractivity contribution in [3.8, 4) is 0 Å². The quantitative estimate of drug-likeness (QED) is 0.591. The normalized spacial score (nSPS) is 26.3. The Morgan fingerprint density at radius 3 is 2.85 bits per heavy atom. The number of β-lactam (4-membered cyclic amide) rings is 1. The molecule has 5 nitrogen and oxygen atoms in total. The molecule has 6 heteroatoms. The molecule has 0 aliphatic carbocycles. The number of carbonyl (C=O) groups is 3. The van der Waals surface area contributed by atoms with Gasteiger partial charge in [-0.1, -0.05) is 11.8 Å². The molecule has 1 saturated heterocycles. The van der Waals surface area contributed by atoms with Gasteiger partial charge in [0.1, 0.15) is 5.70 Å². The summed E-state index contributed by atoms with van der Waals surface area (Å²) in [6.45, 7) is 0. The van der Waals surface area contributed by atoms with Crippen LogP contribution in [0.3, 0.4) is 0 Å². The molecule has 2 heterocycles. The van der Waals surface area contributed by atoms with Crippen LogP contribution in [-0.2, 0) is 14.4 Å². The zero-order valence-corrected chi connectivity index (χ0v) is 7.21. The van der Waals surface area contributed by atoms with E-state index in [1.807, 2.05) is 0 Å². The fourth-order valence-corrected chi connectivity index (χ4v) is 2.30. The van der Waals surface area contributed by atoms with E-state index >= 15 is 0 Å². The number of carboxylic acids is 1. The van der Waals surface area contributed by atoms with Gasteiger partial charge in [0.25, 0.3) is 0 Å². The summed E-state index contributed by atoms with van der Waals surface area (Å²) in [6, 6.07) is 0. The molecule has 68 valence electrons. The molecular formula is C7H5NO4S. The van der Waals surface area contributed by atoms with E-state index in [4.69, 9.17) is 5.11 Å². The molecule has 1 N–H and O–H groups in total. The van der Waals surface area contributed by atoms with Gasteiger partial charge in [0.15, 0.2) is 0 Å². The smallest absolute Gasteiger partial charge is 0.352 e. The lowest BCUT2D eigenvalue weighted by molar-refractivity contribution is -0.146. The number of carbonyl (C=O) groups excluding carboxylic acids is 2. The third-order valence-electron chi connectivity index (χ3n) is 1.89. The van der Waals surface area contributed by atoms with Gasteiger partial charge in [-0.05, 0) is 0 Å². The van der Waals surface area contributed by atoms with Gasteiger partial charge in [-0.2, -0.15) is 0 Å². The Bertz CT molecular complexity index is 348. The third kappa shape index (κ3) is 1.14. The average Bonchev–Trinajstić information content (AvgIpc) is 2.01. The molecule has 0 aromatic rings. The van der Waals surface area contributed by atoms with Crippen molar-refractivity contribution < 1.29 is 19.5 Å². The minimum atomic E-state index is -1.23. The van der Waals surface area contributed by atoms with E-state index in [2.05, 4.69) is 0 Å². The van der Waals surface area contributed by atoms with Crippen molar-refractivity contribution in [2.75, 3.05) is 0 Å². The molecule has 13 heavy (non-hydrogen) atoms. The summed E-state index contributed by atoms with van der Waals surface area (Å²) >= 11 is 0.987. The fraction of sp³-hybridized carbons (Fsp3) is 0.286. The highest BCUT2D eigenvalue weighted by Crippen LogP contribution is 2.37. The van der Waals surface area contributed by atoms with Gasteiger partial charge in [-0.25, -0.2) is 4.79 Å². The minimum absolute atomic E-state index is 0.204. The van der Waals surface area contributed by atoms with Gasteiger partial charge in [-0.15, -0.1) is 0 Å². The maximum Gasteiger partial charge on any atom is 0.352 e. The Balaban J connectivity index is 2.36. The Labute approximate surface area is 77.4 Å². The molecule has 0 bridgehead atoms. The number of aliphatic carboxylic acids is 1. The van der Waals surface area contributed by atoms with Crippen LogP contribution in [0.4, 0.5) is 0 Å². The molecule has 0 spiro atoms. The molecular weight excluding hydrogens is 194 g/mol. The molecule has 0 radical (unpaired) electrons. The number of nitrogens with zero attached hydrogens (tertiary/aromatic N) is 1. The zero-order valence-electron chi connectivity index (χ0n) is 6.39. The minimum Gasteiger partial charge on any atom is -0.477 e. The monoisotopic (exact) mass is 199 g/mol. The molecule has 1 fully saturated rings. The molecule has 0 saturated carbocycles. The van der Waals surface area contributed by atoms with Gasteiger partial charge >= 0.3 is 5.97 Å². The summed E-state index contributed by atoms with van der Waals surface area (Å²) in [4.78, 5) is 33.7. The van der Waals surface area contributed by atoms with Crippen LogP contribution < -0.4 is 0 Å². The summed E-state index contributed by atoms with van der Waals surface area (Å²) in [5.41, 5.74) is -0.204. The summed E-state index contributed by atoms with van der Waals surface area (Å²) in [5, 5.41) is 8.08. The van der Waals surface area contributed by atoms with E-state index < -0.39 is 5.97 Å². The standard InChI is InChI=1S/C7H5NO4S/c9-4-2-5-8(4)3(7(11)12)1-6(10)13-5/h1,5H,2H2,(H,11,12). The Morgan fingerprint density at radius 2 is 2.31 bits per heavy atom. The first-order valence-electron chi connectivity index (χ1n) is 3.57. The van der Waals surface area contributed by atoms with Crippen LogP contribution in [0.15, 0.2) is 11.8 Å². The molecule has 0 aromatic heterocycles. The Hall–Kier alpha value is -1.30. The van der Waals surface area contributed by atoms with E-state index in [-0.39, 0.29) is 28.5 Å². The van der Waals surface area contributed by atoms with Crippen LogP contribution in [0, 0.1) is 0 Å². The van der Waals surface area contributed by atoms with Gasteiger partial charge in [0.2, 0.25) is 11.0 Å². The van der Waals surface area contributed by atoms with Crippen molar-refractivity contribution in [3.05, 3.63) is 11.8 Å². The number of hydrogen-bond acceptors (Lipinski definition) is 4. The van der Waals surface area contributed by atoms with Crippen molar-refractivity contribution >= 4 is 28.8 Å². The topological polar surface area (TPSA) is 74.7 Å². The number of rotatable bonds is 1. The first-order chi connectivity index (χ1) is 6.09. The van der Waals surface area contributed by atoms with Gasteiger partial charge in [0.05, 0.1) is 11.8 Å². The number of hydrogen-bond donors (Lipinski definition) is 1. The average molecular weight is 199 g/mol. The van der Waals surface area contributed by atoms with Crippen LogP contribution in [-0.4, -0.2) is 32.4 Å². The van der Waals surface area contributed by atoms with E-state index in [1.54, 1.807) is 0 Å². The number of thioether (sulfide) groups is 1. The summed E-state index contributed by atoms with van der Waals surface area (Å²) in [6.07, 6.45) is 1.24. The van der Waals surface area contributed by atoms with E-state index in [0.29, 0.717) is 0 Å². The lowest BCUT2D eigenvalue weighted by Crippen LogP contribution is -2.53. The first-order valence-corrected chi connectivity index (χ1v) is 4.45. The summed E-state index contributed by atoms with van der Waals surface area (Å²) in [5.74, 6) is -1.47. The second-order valence-corrected chi connectivity index (χ2v) is 3.88. The highest BCUT2D eigenvalue weighted by Gasteiger charge is 2.45. The molecule has 2 aliphatic heterocycles. The number of amides is 1. The maximum absolute atomic E-state index is 11.0. The lowest BCUT2D eigenvalue weighted by Gasteiger charge is -2.41. The molecule has 2 aliphatic rings. The summed E-state index contributed by atoms with van der Waals surface area (Å²) in [7, 11) is 0. The Morgan fingerprint density at radius 1 is 1.62 bits per heavy atom. The van der Waals surface area contributed by atoms with Crippen LogP contribution >= 0.6 is 11.8 Å². The largest absolute Gasteiger partial charge is 0.477 e. The van der Waals surface area contributed by atoms with E-state index in [1.165, 1.54) is 0 Å². The van der Waals surface area contributed by atoms with Crippen molar-refractivity contribution in [2.45, 2.75) is 11.8 Å². The molecule has 0 aromatic carbocycles. The number of fused-ring (bicyclic) bond motifs is 1. The van der Waals surface area contributed by atoms with Crippen molar-refractivity contribution in [2.24, 2.45) is 0 Å². The zero-order chi connectivity index (χ0) is 9.59. The SMILES string of the molecule is O=C1C=C(C(=O)O)N2C(=O)CC2S1. The predicted octanol–water partition coefficient (Wildman–Crippen LogP) is -0.213. The highest BCUT2D eigenvalue weighted by molar-refractivity contribution is 8.14. The van der Waals surface area contributed by atoms with E-state index in [9.17, 15) is 14.4 Å². The predicted molar refractivity (Wildman–Crippen MR) is 43.6 cm³/mol. The molecule has 1 atom stereocenters. The Kier molecular flexibility index (Phi) is 1.66. The second kappa shape index (κ2) is 2.59. The van der Waals surface area contributed by atoms with Crippen LogP contribution in [0.25, 0.3) is 0 Å². The second-order valence-electron chi connectivity index (χ2n) is 2.69. The first kappa shape index (κ1) is 8.31. The number of carboxylic acid groups (broad SMARTS) is 1. The summed E-state index contributed by atoms with van der Waals surface area (Å²) < 4.78 is 0. The molecule has 1 unspecified atom stereocenters.